The minimum atomic E-state index is 0.426. The Labute approximate surface area is 114 Å². The molecule has 0 saturated heterocycles. The van der Waals surface area contributed by atoms with Crippen LogP contribution >= 0.6 is 0 Å². The number of aromatic nitrogens is 2. The van der Waals surface area contributed by atoms with Gasteiger partial charge in [0.1, 0.15) is 18.1 Å². The van der Waals surface area contributed by atoms with Crippen molar-refractivity contribution in [2.24, 2.45) is 0 Å². The number of unbranched alkanes of at least 4 members (excludes halogenated alkanes) is 1. The van der Waals surface area contributed by atoms with Gasteiger partial charge in [0.25, 0.3) is 0 Å². The molecule has 1 rings (SSSR count). The van der Waals surface area contributed by atoms with Crippen molar-refractivity contribution in [3.63, 3.8) is 0 Å². The van der Waals surface area contributed by atoms with Crippen LogP contribution in [-0.2, 0) is 11.2 Å². The van der Waals surface area contributed by atoms with Gasteiger partial charge in [-0.2, -0.15) is 4.98 Å². The van der Waals surface area contributed by atoms with Gasteiger partial charge in [0.15, 0.2) is 5.82 Å². The molecular weight excluding hydrogens is 244 g/mol. The van der Waals surface area contributed by atoms with Gasteiger partial charge in [-0.25, -0.2) is 4.98 Å². The summed E-state index contributed by atoms with van der Waals surface area (Å²) >= 11 is 0. The van der Waals surface area contributed by atoms with E-state index in [2.05, 4.69) is 22.2 Å². The second-order valence-corrected chi connectivity index (χ2v) is 4.18. The Balaban J connectivity index is 2.80. The number of methoxy groups -OCH3 is 1. The summed E-state index contributed by atoms with van der Waals surface area (Å²) in [5, 5.41) is 3.23. The topological polar surface area (TPSA) is 82.3 Å². The molecular formula is C13H24N4O2. The molecule has 108 valence electrons. The van der Waals surface area contributed by atoms with Crippen molar-refractivity contribution in [1.82, 2.24) is 9.97 Å². The van der Waals surface area contributed by atoms with Crippen LogP contribution in [0.2, 0.25) is 0 Å². The van der Waals surface area contributed by atoms with Gasteiger partial charge in [-0.05, 0) is 6.42 Å². The molecule has 0 atom stereocenters. The number of nitrogens with one attached hydrogen (secondary N) is 1. The van der Waals surface area contributed by atoms with Gasteiger partial charge < -0.3 is 20.5 Å². The normalized spacial score (nSPS) is 10.5. The Morgan fingerprint density at radius 1 is 1.21 bits per heavy atom. The van der Waals surface area contributed by atoms with Crippen molar-refractivity contribution in [3.05, 3.63) is 5.82 Å². The number of nitrogen functional groups attached to an aromatic ring is 1. The zero-order valence-corrected chi connectivity index (χ0v) is 12.0. The standard InChI is InChI=1S/C13H24N4O2/c1-4-6-7-15-12-11(14)13(19-9-8-18-3)17-10(5-2)16-12/h4-9,14H2,1-3H3,(H,15,16,17). The Bertz CT molecular complexity index is 354. The van der Waals surface area contributed by atoms with E-state index in [-0.39, 0.29) is 0 Å². The highest BCUT2D eigenvalue weighted by molar-refractivity contribution is 5.66. The molecule has 0 spiro atoms. The average Bonchev–Trinajstić information content (AvgIpc) is 2.42. The quantitative estimate of drug-likeness (QED) is 0.665. The second kappa shape index (κ2) is 8.53. The number of anilines is 2. The maximum Gasteiger partial charge on any atom is 0.242 e. The van der Waals surface area contributed by atoms with Gasteiger partial charge in [0.2, 0.25) is 5.88 Å². The molecule has 0 unspecified atom stereocenters. The highest BCUT2D eigenvalue weighted by Gasteiger charge is 2.12. The van der Waals surface area contributed by atoms with E-state index in [1.165, 1.54) is 0 Å². The molecule has 0 bridgehead atoms. The molecule has 0 radical (unpaired) electrons. The summed E-state index contributed by atoms with van der Waals surface area (Å²) in [4.78, 5) is 8.69. The fraction of sp³-hybridized carbons (Fsp3) is 0.692. The maximum absolute atomic E-state index is 6.02. The molecule has 0 aliphatic heterocycles. The third-order valence-corrected chi connectivity index (χ3v) is 2.62. The second-order valence-electron chi connectivity index (χ2n) is 4.18. The first-order valence-corrected chi connectivity index (χ1v) is 6.74. The molecule has 0 saturated carbocycles. The lowest BCUT2D eigenvalue weighted by molar-refractivity contribution is 0.144. The summed E-state index contributed by atoms with van der Waals surface area (Å²) in [5.74, 6) is 1.82. The third kappa shape index (κ3) is 4.90. The summed E-state index contributed by atoms with van der Waals surface area (Å²) in [6.07, 6.45) is 2.93. The van der Waals surface area contributed by atoms with Crippen LogP contribution in [-0.4, -0.2) is 36.8 Å². The smallest absolute Gasteiger partial charge is 0.242 e. The van der Waals surface area contributed by atoms with Gasteiger partial charge in [-0.3, -0.25) is 0 Å². The van der Waals surface area contributed by atoms with Crippen molar-refractivity contribution in [3.8, 4) is 5.88 Å². The summed E-state index contributed by atoms with van der Waals surface area (Å²) in [5.41, 5.74) is 6.48. The Morgan fingerprint density at radius 3 is 2.63 bits per heavy atom. The summed E-state index contributed by atoms with van der Waals surface area (Å²) in [6, 6.07) is 0. The number of nitrogens with zero attached hydrogens (tertiary/aromatic N) is 2. The fourth-order valence-corrected chi connectivity index (χ4v) is 1.50. The average molecular weight is 268 g/mol. The molecule has 1 aromatic rings. The molecule has 0 fully saturated rings. The van der Waals surface area contributed by atoms with Crippen LogP contribution in [0.5, 0.6) is 5.88 Å². The monoisotopic (exact) mass is 268 g/mol. The maximum atomic E-state index is 6.02. The molecule has 1 heterocycles. The van der Waals surface area contributed by atoms with E-state index in [4.69, 9.17) is 15.2 Å². The predicted octanol–water partition coefficient (Wildman–Crippen LogP) is 1.86. The molecule has 3 N–H and O–H groups in total. The third-order valence-electron chi connectivity index (χ3n) is 2.62. The zero-order chi connectivity index (χ0) is 14.1. The van der Waals surface area contributed by atoms with E-state index in [1.54, 1.807) is 7.11 Å². The first-order chi connectivity index (χ1) is 9.22. The first kappa shape index (κ1) is 15.5. The first-order valence-electron chi connectivity index (χ1n) is 6.74. The van der Waals surface area contributed by atoms with Gasteiger partial charge in [-0.15, -0.1) is 0 Å². The zero-order valence-electron chi connectivity index (χ0n) is 12.0. The van der Waals surface area contributed by atoms with Crippen LogP contribution in [0.4, 0.5) is 11.5 Å². The van der Waals surface area contributed by atoms with Crippen molar-refractivity contribution in [2.75, 3.05) is 37.9 Å². The lowest BCUT2D eigenvalue weighted by Gasteiger charge is -2.13. The molecule has 19 heavy (non-hydrogen) atoms. The highest BCUT2D eigenvalue weighted by atomic mass is 16.5. The molecule has 0 amide bonds. The van der Waals surface area contributed by atoms with E-state index in [1.807, 2.05) is 6.92 Å². The Kier molecular flexibility index (Phi) is 6.95. The largest absolute Gasteiger partial charge is 0.474 e. The number of ether oxygens (including phenoxy) is 2. The summed E-state index contributed by atoms with van der Waals surface area (Å²) < 4.78 is 10.5. The number of nitrogens with two attached hydrogens (primary N) is 1. The van der Waals surface area contributed by atoms with E-state index in [0.717, 1.165) is 31.6 Å². The molecule has 0 aliphatic rings. The lowest BCUT2D eigenvalue weighted by atomic mass is 10.3. The van der Waals surface area contributed by atoms with Gasteiger partial charge in [-0.1, -0.05) is 20.3 Å². The van der Waals surface area contributed by atoms with E-state index < -0.39 is 0 Å². The van der Waals surface area contributed by atoms with Crippen LogP contribution in [0.25, 0.3) is 0 Å². The summed E-state index contributed by atoms with van der Waals surface area (Å²) in [6.45, 7) is 5.92. The predicted molar refractivity (Wildman–Crippen MR) is 76.6 cm³/mol. The SMILES string of the molecule is CCCCNc1nc(CC)nc(OCCOC)c1N. The molecule has 0 aliphatic carbocycles. The Hall–Kier alpha value is -1.56. The van der Waals surface area contributed by atoms with Crippen molar-refractivity contribution in [2.45, 2.75) is 33.1 Å². The lowest BCUT2D eigenvalue weighted by Crippen LogP contribution is -2.13. The number of rotatable bonds is 9. The van der Waals surface area contributed by atoms with Gasteiger partial charge in [0, 0.05) is 20.1 Å². The fourth-order valence-electron chi connectivity index (χ4n) is 1.50. The van der Waals surface area contributed by atoms with E-state index in [0.29, 0.717) is 30.6 Å². The Morgan fingerprint density at radius 2 is 2.00 bits per heavy atom. The molecule has 1 aromatic heterocycles. The summed E-state index contributed by atoms with van der Waals surface area (Å²) in [7, 11) is 1.63. The van der Waals surface area contributed by atoms with Crippen LogP contribution in [0.1, 0.15) is 32.5 Å². The number of aryl methyl sites for hydroxylation is 1. The van der Waals surface area contributed by atoms with Crippen LogP contribution in [0.15, 0.2) is 0 Å². The van der Waals surface area contributed by atoms with Crippen LogP contribution in [0, 0.1) is 0 Å². The van der Waals surface area contributed by atoms with Crippen LogP contribution in [0.3, 0.4) is 0 Å². The minimum Gasteiger partial charge on any atom is -0.474 e. The molecule has 6 heteroatoms. The minimum absolute atomic E-state index is 0.426. The van der Waals surface area contributed by atoms with Crippen molar-refractivity contribution in [1.29, 1.82) is 0 Å². The van der Waals surface area contributed by atoms with E-state index in [9.17, 15) is 0 Å². The molecule has 0 aromatic carbocycles. The molecule has 6 nitrogen and oxygen atoms in total. The van der Waals surface area contributed by atoms with Crippen LogP contribution < -0.4 is 15.8 Å². The van der Waals surface area contributed by atoms with Gasteiger partial charge in [0.05, 0.1) is 6.61 Å². The van der Waals surface area contributed by atoms with Crippen molar-refractivity contribution >= 4 is 11.5 Å². The number of hydrogen-bond donors (Lipinski definition) is 2. The number of hydrogen-bond acceptors (Lipinski definition) is 6. The van der Waals surface area contributed by atoms with Crippen molar-refractivity contribution < 1.29 is 9.47 Å². The highest BCUT2D eigenvalue weighted by Crippen LogP contribution is 2.26. The van der Waals surface area contributed by atoms with E-state index >= 15 is 0 Å². The van der Waals surface area contributed by atoms with Gasteiger partial charge >= 0.3 is 0 Å².